The van der Waals surface area contributed by atoms with E-state index in [1.165, 1.54) is 48.7 Å². The Balaban J connectivity index is 1.58. The predicted octanol–water partition coefficient (Wildman–Crippen LogP) is 3.65. The van der Waals surface area contributed by atoms with Crippen molar-refractivity contribution in [3.63, 3.8) is 0 Å². The van der Waals surface area contributed by atoms with Crippen LogP contribution in [0.2, 0.25) is 0 Å². The van der Waals surface area contributed by atoms with E-state index in [1.807, 2.05) is 0 Å². The fourth-order valence-electron chi connectivity index (χ4n) is 4.14. The van der Waals surface area contributed by atoms with E-state index in [9.17, 15) is 0 Å². The number of nitrogen functional groups attached to an aromatic ring is 1. The highest BCUT2D eigenvalue weighted by Gasteiger charge is 2.35. The zero-order valence-corrected chi connectivity index (χ0v) is 11.9. The topological polar surface area (TPSA) is 29.3 Å². The maximum atomic E-state index is 6.25. The summed E-state index contributed by atoms with van der Waals surface area (Å²) in [5.41, 5.74) is 8.49. The van der Waals surface area contributed by atoms with E-state index in [4.69, 9.17) is 5.73 Å². The van der Waals surface area contributed by atoms with Crippen molar-refractivity contribution in [2.75, 3.05) is 18.8 Å². The third kappa shape index (κ3) is 2.08. The average Bonchev–Trinajstić information content (AvgIpc) is 3.00. The van der Waals surface area contributed by atoms with E-state index < -0.39 is 0 Å². The molecule has 0 bridgehead atoms. The normalized spacial score (nSPS) is 26.2. The lowest BCUT2D eigenvalue weighted by Gasteiger charge is -2.18. The van der Waals surface area contributed by atoms with Gasteiger partial charge in [-0.3, -0.25) is 4.90 Å². The minimum atomic E-state index is 0.945. The van der Waals surface area contributed by atoms with Gasteiger partial charge in [-0.25, -0.2) is 0 Å². The highest BCUT2D eigenvalue weighted by molar-refractivity contribution is 5.86. The summed E-state index contributed by atoms with van der Waals surface area (Å²) in [6, 6.07) is 12.9. The lowest BCUT2D eigenvalue weighted by molar-refractivity contribution is 0.304. The monoisotopic (exact) mass is 266 g/mol. The minimum Gasteiger partial charge on any atom is -0.398 e. The molecule has 2 aromatic carbocycles. The Kier molecular flexibility index (Phi) is 2.92. The van der Waals surface area contributed by atoms with Gasteiger partial charge in [-0.1, -0.05) is 30.7 Å². The van der Waals surface area contributed by atoms with Crippen LogP contribution in [0.4, 0.5) is 5.69 Å². The molecule has 0 amide bonds. The molecular weight excluding hydrogens is 244 g/mol. The summed E-state index contributed by atoms with van der Waals surface area (Å²) in [6.07, 6.45) is 4.32. The van der Waals surface area contributed by atoms with E-state index >= 15 is 0 Å². The zero-order chi connectivity index (χ0) is 13.5. The van der Waals surface area contributed by atoms with Crippen molar-refractivity contribution in [3.8, 4) is 0 Å². The molecule has 0 spiro atoms. The number of nitrogens with zero attached hydrogens (tertiary/aromatic N) is 1. The number of hydrogen-bond acceptors (Lipinski definition) is 2. The summed E-state index contributed by atoms with van der Waals surface area (Å²) in [5, 5.41) is 2.54. The summed E-state index contributed by atoms with van der Waals surface area (Å²) in [7, 11) is 0. The maximum absolute atomic E-state index is 6.25. The second kappa shape index (κ2) is 4.78. The van der Waals surface area contributed by atoms with Crippen LogP contribution in [0.25, 0.3) is 10.8 Å². The van der Waals surface area contributed by atoms with Gasteiger partial charge in [0.15, 0.2) is 0 Å². The first kappa shape index (κ1) is 12.2. The largest absolute Gasteiger partial charge is 0.398 e. The van der Waals surface area contributed by atoms with Gasteiger partial charge in [-0.05, 0) is 53.1 Å². The molecule has 2 aromatic rings. The molecule has 1 aliphatic heterocycles. The van der Waals surface area contributed by atoms with Gasteiger partial charge in [0, 0.05) is 25.3 Å². The number of anilines is 1. The van der Waals surface area contributed by atoms with Crippen molar-refractivity contribution in [1.29, 1.82) is 0 Å². The quantitative estimate of drug-likeness (QED) is 0.841. The molecule has 2 heteroatoms. The molecule has 2 unspecified atom stereocenters. The van der Waals surface area contributed by atoms with Crippen LogP contribution in [0, 0.1) is 11.8 Å². The van der Waals surface area contributed by atoms with Crippen LogP contribution in [0.5, 0.6) is 0 Å². The van der Waals surface area contributed by atoms with Gasteiger partial charge in [0.2, 0.25) is 0 Å². The Hall–Kier alpha value is -1.54. The number of rotatable bonds is 2. The molecule has 1 saturated carbocycles. The molecule has 2 aliphatic rings. The first-order chi connectivity index (χ1) is 9.79. The lowest BCUT2D eigenvalue weighted by Crippen LogP contribution is -2.21. The van der Waals surface area contributed by atoms with Gasteiger partial charge < -0.3 is 5.73 Å². The summed E-state index contributed by atoms with van der Waals surface area (Å²) in [4.78, 5) is 2.61. The van der Waals surface area contributed by atoms with E-state index in [2.05, 4.69) is 41.3 Å². The molecular formula is C18H22N2. The summed E-state index contributed by atoms with van der Waals surface area (Å²) >= 11 is 0. The third-order valence-corrected chi connectivity index (χ3v) is 5.20. The highest BCUT2D eigenvalue weighted by atomic mass is 15.2. The highest BCUT2D eigenvalue weighted by Crippen LogP contribution is 2.38. The van der Waals surface area contributed by atoms with Crippen molar-refractivity contribution >= 4 is 16.5 Å². The standard InChI is InChI=1S/C18H22N2/c19-18-9-14-5-2-1-4-13(14)8-17(18)12-20-10-15-6-3-7-16(15)11-20/h1-2,4-5,8-9,15-16H,3,6-7,10-12,19H2. The first-order valence-electron chi connectivity index (χ1n) is 7.79. The minimum absolute atomic E-state index is 0.945. The van der Waals surface area contributed by atoms with E-state index in [0.717, 1.165) is 24.1 Å². The molecule has 0 radical (unpaired) electrons. The molecule has 1 aliphatic carbocycles. The zero-order valence-electron chi connectivity index (χ0n) is 11.9. The van der Waals surface area contributed by atoms with Crippen LogP contribution >= 0.6 is 0 Å². The van der Waals surface area contributed by atoms with E-state index in [-0.39, 0.29) is 0 Å². The smallest absolute Gasteiger partial charge is 0.0366 e. The van der Waals surface area contributed by atoms with Crippen LogP contribution < -0.4 is 5.73 Å². The van der Waals surface area contributed by atoms with Gasteiger partial charge in [-0.15, -0.1) is 0 Å². The number of benzene rings is 2. The van der Waals surface area contributed by atoms with Crippen LogP contribution in [0.1, 0.15) is 24.8 Å². The van der Waals surface area contributed by atoms with Crippen LogP contribution in [-0.2, 0) is 6.54 Å². The third-order valence-electron chi connectivity index (χ3n) is 5.20. The molecule has 2 N–H and O–H groups in total. The second-order valence-electron chi connectivity index (χ2n) is 6.54. The van der Waals surface area contributed by atoms with Crippen molar-refractivity contribution < 1.29 is 0 Å². The molecule has 0 aromatic heterocycles. The Bertz CT molecular complexity index is 622. The van der Waals surface area contributed by atoms with Gasteiger partial charge in [0.05, 0.1) is 0 Å². The number of likely N-dealkylation sites (tertiary alicyclic amines) is 1. The number of nitrogens with two attached hydrogens (primary N) is 1. The Morgan fingerprint density at radius 1 is 1.00 bits per heavy atom. The van der Waals surface area contributed by atoms with Crippen molar-refractivity contribution in [1.82, 2.24) is 4.90 Å². The Labute approximate surface area is 120 Å². The average molecular weight is 266 g/mol. The summed E-state index contributed by atoms with van der Waals surface area (Å²) < 4.78 is 0. The van der Waals surface area contributed by atoms with Gasteiger partial charge in [-0.2, -0.15) is 0 Å². The van der Waals surface area contributed by atoms with Crippen LogP contribution in [-0.4, -0.2) is 18.0 Å². The number of fused-ring (bicyclic) bond motifs is 2. The van der Waals surface area contributed by atoms with E-state index in [1.54, 1.807) is 0 Å². The van der Waals surface area contributed by atoms with Crippen molar-refractivity contribution in [3.05, 3.63) is 42.0 Å². The van der Waals surface area contributed by atoms with E-state index in [0.29, 0.717) is 0 Å². The lowest BCUT2D eigenvalue weighted by atomic mass is 10.0. The van der Waals surface area contributed by atoms with Crippen molar-refractivity contribution in [2.24, 2.45) is 11.8 Å². The van der Waals surface area contributed by atoms with Crippen LogP contribution in [0.3, 0.4) is 0 Å². The van der Waals surface area contributed by atoms with Gasteiger partial charge in [0.1, 0.15) is 0 Å². The Morgan fingerprint density at radius 2 is 1.65 bits per heavy atom. The molecule has 2 fully saturated rings. The van der Waals surface area contributed by atoms with Gasteiger partial charge in [0.25, 0.3) is 0 Å². The molecule has 2 nitrogen and oxygen atoms in total. The maximum Gasteiger partial charge on any atom is 0.0366 e. The predicted molar refractivity (Wildman–Crippen MR) is 84.5 cm³/mol. The summed E-state index contributed by atoms with van der Waals surface area (Å²) in [6.45, 7) is 3.57. The first-order valence-corrected chi connectivity index (χ1v) is 7.79. The fourth-order valence-corrected chi connectivity index (χ4v) is 4.14. The molecule has 4 rings (SSSR count). The molecule has 20 heavy (non-hydrogen) atoms. The SMILES string of the molecule is Nc1cc2ccccc2cc1CN1CC2CCCC2C1. The van der Waals surface area contributed by atoms with Crippen LogP contribution in [0.15, 0.2) is 36.4 Å². The second-order valence-corrected chi connectivity index (χ2v) is 6.54. The molecule has 2 atom stereocenters. The van der Waals surface area contributed by atoms with Gasteiger partial charge >= 0.3 is 0 Å². The fraction of sp³-hybridized carbons (Fsp3) is 0.444. The summed E-state index contributed by atoms with van der Waals surface area (Å²) in [5.74, 6) is 1.91. The Morgan fingerprint density at radius 3 is 2.35 bits per heavy atom. The molecule has 104 valence electrons. The van der Waals surface area contributed by atoms with Crippen molar-refractivity contribution in [2.45, 2.75) is 25.8 Å². The molecule has 1 heterocycles. The number of hydrogen-bond donors (Lipinski definition) is 1. The molecule has 1 saturated heterocycles.